The fraction of sp³-hybridized carbons (Fsp3) is 0.750. The minimum Gasteiger partial charge on any atom is -0.372 e. The smallest absolute Gasteiger partial charge is 0.248 e. The molecule has 0 spiro atoms. The van der Waals surface area contributed by atoms with Crippen molar-refractivity contribution in [2.45, 2.75) is 13.3 Å². The van der Waals surface area contributed by atoms with Gasteiger partial charge in [0, 0.05) is 20.2 Å². The van der Waals surface area contributed by atoms with E-state index >= 15 is 0 Å². The first-order valence-corrected chi connectivity index (χ1v) is 3.91. The van der Waals surface area contributed by atoms with Gasteiger partial charge in [0.25, 0.3) is 0 Å². The van der Waals surface area contributed by atoms with E-state index in [-0.39, 0.29) is 12.5 Å². The number of rotatable bonds is 5. The first-order valence-electron chi connectivity index (χ1n) is 3.91. The summed E-state index contributed by atoms with van der Waals surface area (Å²) in [5, 5.41) is 8.25. The van der Waals surface area contributed by atoms with Crippen molar-refractivity contribution >= 4 is 5.91 Å². The van der Waals surface area contributed by atoms with E-state index in [1.807, 2.05) is 13.0 Å². The van der Waals surface area contributed by atoms with E-state index in [0.717, 1.165) is 0 Å². The molecule has 1 amide bonds. The lowest BCUT2D eigenvalue weighted by molar-refractivity contribution is -0.134. The second-order valence-corrected chi connectivity index (χ2v) is 2.36. The first-order chi connectivity index (χ1) is 5.72. The second-order valence-electron chi connectivity index (χ2n) is 2.36. The van der Waals surface area contributed by atoms with Crippen molar-refractivity contribution in [1.82, 2.24) is 4.90 Å². The zero-order valence-electron chi connectivity index (χ0n) is 7.54. The average molecular weight is 170 g/mol. The van der Waals surface area contributed by atoms with Gasteiger partial charge in [-0.3, -0.25) is 4.79 Å². The fourth-order valence-electron chi connectivity index (χ4n) is 0.642. The summed E-state index contributed by atoms with van der Waals surface area (Å²) < 4.78 is 4.92. The molecular weight excluding hydrogens is 156 g/mol. The number of hydrogen-bond acceptors (Lipinski definition) is 3. The summed E-state index contributed by atoms with van der Waals surface area (Å²) in [4.78, 5) is 12.6. The first kappa shape index (κ1) is 10.9. The third-order valence-electron chi connectivity index (χ3n) is 1.41. The Kier molecular flexibility index (Phi) is 6.02. The topological polar surface area (TPSA) is 53.3 Å². The lowest BCUT2D eigenvalue weighted by Gasteiger charge is -2.14. The minimum atomic E-state index is -0.0768. The number of likely N-dealkylation sites (N-methyl/N-ethyl adjacent to an activating group) is 1. The molecule has 0 aliphatic carbocycles. The summed E-state index contributed by atoms with van der Waals surface area (Å²) in [5.74, 6) is -0.0768. The highest BCUT2D eigenvalue weighted by atomic mass is 16.5. The van der Waals surface area contributed by atoms with E-state index in [2.05, 4.69) is 0 Å². The summed E-state index contributed by atoms with van der Waals surface area (Å²) in [6.45, 7) is 2.96. The van der Waals surface area contributed by atoms with Gasteiger partial charge in [0.1, 0.15) is 6.61 Å². The maximum absolute atomic E-state index is 11.1. The molecule has 0 N–H and O–H groups in total. The molecular formula is C8H14N2O2. The molecule has 0 aliphatic rings. The van der Waals surface area contributed by atoms with Crippen molar-refractivity contribution in [1.29, 1.82) is 5.26 Å². The SMILES string of the molecule is CCOCC(=O)N(C)CCC#N. The third kappa shape index (κ3) is 4.69. The molecule has 0 bridgehead atoms. The number of ether oxygens (including phenoxy) is 1. The second kappa shape index (κ2) is 6.62. The normalized spacial score (nSPS) is 9.08. The van der Waals surface area contributed by atoms with Gasteiger partial charge in [-0.2, -0.15) is 5.26 Å². The molecule has 0 aromatic rings. The van der Waals surface area contributed by atoms with Crippen molar-refractivity contribution in [3.63, 3.8) is 0 Å². The Morgan fingerprint density at radius 3 is 2.83 bits per heavy atom. The van der Waals surface area contributed by atoms with Crippen LogP contribution in [0.25, 0.3) is 0 Å². The van der Waals surface area contributed by atoms with Gasteiger partial charge in [0.05, 0.1) is 12.5 Å². The molecule has 4 heteroatoms. The van der Waals surface area contributed by atoms with E-state index in [0.29, 0.717) is 19.6 Å². The molecule has 0 atom stereocenters. The Hall–Kier alpha value is -1.08. The molecule has 0 aromatic carbocycles. The van der Waals surface area contributed by atoms with E-state index in [9.17, 15) is 4.79 Å². The van der Waals surface area contributed by atoms with Gasteiger partial charge in [-0.1, -0.05) is 0 Å². The van der Waals surface area contributed by atoms with Crippen LogP contribution in [0.3, 0.4) is 0 Å². The number of nitrogens with zero attached hydrogens (tertiary/aromatic N) is 2. The van der Waals surface area contributed by atoms with E-state index in [1.165, 1.54) is 4.90 Å². The molecule has 0 saturated heterocycles. The molecule has 0 aliphatic heterocycles. The Bertz CT molecular complexity index is 174. The quantitative estimate of drug-likeness (QED) is 0.600. The van der Waals surface area contributed by atoms with Crippen molar-refractivity contribution < 1.29 is 9.53 Å². The van der Waals surface area contributed by atoms with Crippen LogP contribution < -0.4 is 0 Å². The summed E-state index contributed by atoms with van der Waals surface area (Å²) in [6.07, 6.45) is 0.369. The van der Waals surface area contributed by atoms with E-state index in [4.69, 9.17) is 10.00 Å². The summed E-state index contributed by atoms with van der Waals surface area (Å²) in [5.41, 5.74) is 0. The van der Waals surface area contributed by atoms with Crippen LogP contribution >= 0.6 is 0 Å². The molecule has 0 unspecified atom stereocenters. The van der Waals surface area contributed by atoms with Crippen LogP contribution in [-0.4, -0.2) is 37.6 Å². The van der Waals surface area contributed by atoms with Crippen molar-refractivity contribution in [3.8, 4) is 6.07 Å². The Morgan fingerprint density at radius 2 is 2.33 bits per heavy atom. The maximum Gasteiger partial charge on any atom is 0.248 e. The van der Waals surface area contributed by atoms with Crippen LogP contribution in [0.5, 0.6) is 0 Å². The van der Waals surface area contributed by atoms with Gasteiger partial charge in [-0.25, -0.2) is 0 Å². The molecule has 0 heterocycles. The molecule has 0 fully saturated rings. The number of hydrogen-bond donors (Lipinski definition) is 0. The number of nitriles is 1. The highest BCUT2D eigenvalue weighted by Gasteiger charge is 2.06. The van der Waals surface area contributed by atoms with Gasteiger partial charge in [-0.05, 0) is 6.92 Å². The highest BCUT2D eigenvalue weighted by molar-refractivity contribution is 5.77. The molecule has 4 nitrogen and oxygen atoms in total. The predicted octanol–water partition coefficient (Wildman–Crippen LogP) is 0.395. The monoisotopic (exact) mass is 170 g/mol. The van der Waals surface area contributed by atoms with Gasteiger partial charge in [0.2, 0.25) is 5.91 Å². The van der Waals surface area contributed by atoms with Crippen LogP contribution in [0, 0.1) is 11.3 Å². The van der Waals surface area contributed by atoms with Crippen LogP contribution in [0.4, 0.5) is 0 Å². The minimum absolute atomic E-state index is 0.0768. The van der Waals surface area contributed by atoms with Crippen molar-refractivity contribution in [2.24, 2.45) is 0 Å². The van der Waals surface area contributed by atoms with Gasteiger partial charge < -0.3 is 9.64 Å². The standard InChI is InChI=1S/C8H14N2O2/c1-3-12-7-8(11)10(2)6-4-5-9/h3-4,6-7H2,1-2H3. The van der Waals surface area contributed by atoms with Crippen molar-refractivity contribution in [3.05, 3.63) is 0 Å². The molecule has 0 saturated carbocycles. The third-order valence-corrected chi connectivity index (χ3v) is 1.41. The number of carbonyl (C=O) groups excluding carboxylic acids is 1. The van der Waals surface area contributed by atoms with Crippen molar-refractivity contribution in [2.75, 3.05) is 26.8 Å². The summed E-state index contributed by atoms with van der Waals surface area (Å²) in [7, 11) is 1.67. The largest absolute Gasteiger partial charge is 0.372 e. The predicted molar refractivity (Wildman–Crippen MR) is 44.4 cm³/mol. The number of amides is 1. The lowest BCUT2D eigenvalue weighted by Crippen LogP contribution is -2.31. The Morgan fingerprint density at radius 1 is 1.67 bits per heavy atom. The van der Waals surface area contributed by atoms with Gasteiger partial charge >= 0.3 is 0 Å². The maximum atomic E-state index is 11.1. The molecule has 68 valence electrons. The van der Waals surface area contributed by atoms with Gasteiger partial charge in [0.15, 0.2) is 0 Å². The highest BCUT2D eigenvalue weighted by Crippen LogP contribution is 1.88. The zero-order chi connectivity index (χ0) is 9.40. The van der Waals surface area contributed by atoms with Crippen LogP contribution in [-0.2, 0) is 9.53 Å². The van der Waals surface area contributed by atoms with E-state index in [1.54, 1.807) is 7.05 Å². The number of carbonyl (C=O) groups is 1. The zero-order valence-corrected chi connectivity index (χ0v) is 7.54. The van der Waals surface area contributed by atoms with Gasteiger partial charge in [-0.15, -0.1) is 0 Å². The Labute approximate surface area is 72.7 Å². The van der Waals surface area contributed by atoms with Crippen LogP contribution in [0.2, 0.25) is 0 Å². The molecule has 0 aromatic heterocycles. The fourth-order valence-corrected chi connectivity index (χ4v) is 0.642. The molecule has 0 radical (unpaired) electrons. The average Bonchev–Trinajstić information content (AvgIpc) is 2.10. The molecule has 0 rings (SSSR count). The van der Waals surface area contributed by atoms with Crippen LogP contribution in [0.15, 0.2) is 0 Å². The molecule has 12 heavy (non-hydrogen) atoms. The van der Waals surface area contributed by atoms with E-state index < -0.39 is 0 Å². The lowest BCUT2D eigenvalue weighted by atomic mass is 10.4. The van der Waals surface area contributed by atoms with Crippen LogP contribution in [0.1, 0.15) is 13.3 Å². The summed E-state index contributed by atoms with van der Waals surface area (Å²) in [6, 6.07) is 1.97. The summed E-state index contributed by atoms with van der Waals surface area (Å²) >= 11 is 0. The Balaban J connectivity index is 3.55.